The number of hydrogen-bond acceptors (Lipinski definition) is 4. The molecule has 0 N–H and O–H groups in total. The molecule has 0 amide bonds. The molecule has 0 saturated heterocycles. The Labute approximate surface area is 302 Å². The van der Waals surface area contributed by atoms with Gasteiger partial charge in [-0.1, -0.05) is 89.7 Å². The summed E-state index contributed by atoms with van der Waals surface area (Å²) >= 11 is 0. The minimum absolute atomic E-state index is 0. The maximum Gasteiger partial charge on any atom is 0.524 e. The van der Waals surface area contributed by atoms with Crippen molar-refractivity contribution in [2.75, 3.05) is 4.81 Å². The number of rotatable bonds is 5. The van der Waals surface area contributed by atoms with Gasteiger partial charge in [0.1, 0.15) is 5.75 Å². The van der Waals surface area contributed by atoms with E-state index in [9.17, 15) is 0 Å². The molecule has 0 fully saturated rings. The number of hydrogen-bond donors (Lipinski definition) is 0. The monoisotopic (exact) mass is 833 g/mol. The van der Waals surface area contributed by atoms with E-state index in [2.05, 4.69) is 126 Å². The second-order valence-corrected chi connectivity index (χ2v) is 17.3. The van der Waals surface area contributed by atoms with Crippen molar-refractivity contribution in [3.05, 3.63) is 145 Å². The number of fused-ring (bicyclic) bond motifs is 3. The quantitative estimate of drug-likeness (QED) is 0.118. The standard InChI is InChI=1S/C40H31BN4O2Si.Pt/c1-27-12-8-13-28(2)38(27)41-45(40-35(47-41)19-11-23-42-40)30-16-9-17-31(24-30)46-32-21-22-36-34(25-32)44-26-43(29-14-6-5-7-15-29)33-18-10-20-37(39(33)44)48(36,3)4;/h5-23H,1-4H3;/q-2;. The van der Waals surface area contributed by atoms with Crippen LogP contribution in [0, 0.1) is 32.3 Å². The number of ether oxygens (including phenoxy) is 1. The van der Waals surface area contributed by atoms with Gasteiger partial charge < -0.3 is 18.8 Å². The molecule has 0 bridgehead atoms. The topological polar surface area (TPSA) is 43.4 Å². The smallest absolute Gasteiger partial charge is 0.524 e. The zero-order valence-electron chi connectivity index (χ0n) is 27.5. The maximum absolute atomic E-state index is 6.55. The number of aryl methyl sites for hydroxylation is 2. The van der Waals surface area contributed by atoms with Crippen molar-refractivity contribution in [3.8, 4) is 28.6 Å². The molecule has 49 heavy (non-hydrogen) atoms. The maximum atomic E-state index is 6.55. The van der Waals surface area contributed by atoms with Crippen molar-refractivity contribution in [2.45, 2.75) is 26.9 Å². The van der Waals surface area contributed by atoms with Crippen molar-refractivity contribution in [1.29, 1.82) is 0 Å². The van der Waals surface area contributed by atoms with Crippen LogP contribution in [0.25, 0.3) is 22.4 Å². The van der Waals surface area contributed by atoms with Gasteiger partial charge in [-0.15, -0.1) is 35.5 Å². The van der Waals surface area contributed by atoms with Gasteiger partial charge in [0.2, 0.25) is 0 Å². The molecule has 242 valence electrons. The van der Waals surface area contributed by atoms with Crippen LogP contribution in [0.2, 0.25) is 13.1 Å². The van der Waals surface area contributed by atoms with E-state index in [4.69, 9.17) is 14.4 Å². The summed E-state index contributed by atoms with van der Waals surface area (Å²) in [4.78, 5) is 6.82. The van der Waals surface area contributed by atoms with E-state index in [1.54, 1.807) is 6.20 Å². The van der Waals surface area contributed by atoms with Gasteiger partial charge in [0, 0.05) is 46.8 Å². The van der Waals surface area contributed by atoms with Crippen LogP contribution >= 0.6 is 0 Å². The molecule has 9 rings (SSSR count). The molecule has 6 nitrogen and oxygen atoms in total. The number of imidazole rings is 1. The van der Waals surface area contributed by atoms with Gasteiger partial charge in [-0.05, 0) is 49.3 Å². The van der Waals surface area contributed by atoms with Crippen LogP contribution in [-0.4, -0.2) is 24.7 Å². The summed E-state index contributed by atoms with van der Waals surface area (Å²) in [6.45, 7) is 9.06. The minimum Gasteiger partial charge on any atom is -0.535 e. The molecular weight excluding hydrogens is 802 g/mol. The van der Waals surface area contributed by atoms with E-state index in [-0.39, 0.29) is 28.1 Å². The van der Waals surface area contributed by atoms with E-state index in [0.29, 0.717) is 11.5 Å². The molecule has 9 heteroatoms. The molecule has 0 unspecified atom stereocenters. The third-order valence-corrected chi connectivity index (χ3v) is 13.1. The zero-order chi connectivity index (χ0) is 32.6. The fourth-order valence-corrected chi connectivity index (χ4v) is 10.2. The molecule has 4 heterocycles. The van der Waals surface area contributed by atoms with Crippen molar-refractivity contribution in [2.24, 2.45) is 0 Å². The van der Waals surface area contributed by atoms with Gasteiger partial charge in [-0.25, -0.2) is 4.98 Å². The summed E-state index contributed by atoms with van der Waals surface area (Å²) in [7, 11) is -2.43. The first kappa shape index (κ1) is 31.4. The summed E-state index contributed by atoms with van der Waals surface area (Å²) in [5, 5.41) is 2.69. The molecule has 0 saturated carbocycles. The Balaban J connectivity index is 0.00000348. The van der Waals surface area contributed by atoms with E-state index in [1.807, 2.05) is 42.5 Å². The third kappa shape index (κ3) is 4.96. The van der Waals surface area contributed by atoms with Gasteiger partial charge in [0.25, 0.3) is 6.33 Å². The van der Waals surface area contributed by atoms with E-state index < -0.39 is 8.07 Å². The number of nitrogens with zero attached hydrogens (tertiary/aromatic N) is 4. The van der Waals surface area contributed by atoms with Crippen molar-refractivity contribution in [3.63, 3.8) is 0 Å². The molecule has 0 radical (unpaired) electrons. The van der Waals surface area contributed by atoms with Gasteiger partial charge in [0.05, 0.1) is 16.7 Å². The largest absolute Gasteiger partial charge is 0.535 e. The fraction of sp³-hybridized carbons (Fsp3) is 0.100. The normalized spacial score (nSPS) is 13.8. The Hall–Kier alpha value is -4.91. The zero-order valence-corrected chi connectivity index (χ0v) is 30.7. The minimum atomic E-state index is -2.05. The summed E-state index contributed by atoms with van der Waals surface area (Å²) in [5.41, 5.74) is 8.62. The third-order valence-electron chi connectivity index (χ3n) is 9.64. The molecular formula is C40H31BN4O2PtSi-2. The van der Waals surface area contributed by atoms with E-state index in [0.717, 1.165) is 50.7 Å². The number of benzene rings is 5. The van der Waals surface area contributed by atoms with Crippen molar-refractivity contribution < 1.29 is 35.0 Å². The van der Waals surface area contributed by atoms with Crippen molar-refractivity contribution >= 4 is 53.5 Å². The first-order chi connectivity index (χ1) is 23.4. The van der Waals surface area contributed by atoms with Crippen LogP contribution in [0.1, 0.15) is 11.1 Å². The molecule has 5 aromatic carbocycles. The molecule has 2 aliphatic rings. The molecule has 7 aromatic rings. The first-order valence-corrected chi connectivity index (χ1v) is 19.2. The van der Waals surface area contributed by atoms with Gasteiger partial charge in [0.15, 0.2) is 5.82 Å². The summed E-state index contributed by atoms with van der Waals surface area (Å²) in [5.74, 6) is 2.70. The van der Waals surface area contributed by atoms with Crippen LogP contribution in [0.4, 0.5) is 11.5 Å². The number of pyridine rings is 1. The number of aromatic nitrogens is 3. The van der Waals surface area contributed by atoms with Crippen LogP contribution in [0.15, 0.2) is 115 Å². The summed E-state index contributed by atoms with van der Waals surface area (Å²) in [6.07, 6.45) is 5.45. The van der Waals surface area contributed by atoms with Crippen LogP contribution in [0.3, 0.4) is 0 Å². The predicted octanol–water partition coefficient (Wildman–Crippen LogP) is 6.17. The average Bonchev–Trinajstić information content (AvgIpc) is 3.68. The Kier molecular flexibility index (Phi) is 7.62. The SMILES string of the molecule is Cc1cccc(C)c1B1Oc2cccnc2N1c1[c-]c(Oc2[c-]c3c(cc2)[Si](C)(C)c2cccc4c2n-3[c-][n+]4-c2ccccc2)ccc1.[Pt]. The van der Waals surface area contributed by atoms with Crippen LogP contribution in [0.5, 0.6) is 17.2 Å². The van der Waals surface area contributed by atoms with Crippen LogP contribution in [-0.2, 0) is 21.1 Å². The van der Waals surface area contributed by atoms with Gasteiger partial charge in [-0.3, -0.25) is 4.57 Å². The van der Waals surface area contributed by atoms with Crippen molar-refractivity contribution in [1.82, 2.24) is 9.55 Å². The predicted molar refractivity (Wildman–Crippen MR) is 193 cm³/mol. The fourth-order valence-electron chi connectivity index (χ4n) is 7.28. The van der Waals surface area contributed by atoms with Gasteiger partial charge >= 0.3 is 7.05 Å². The summed E-state index contributed by atoms with van der Waals surface area (Å²) < 4.78 is 17.4. The van der Waals surface area contributed by atoms with Gasteiger partial charge in [-0.2, -0.15) is 12.1 Å². The average molecular weight is 834 g/mol. The summed E-state index contributed by atoms with van der Waals surface area (Å²) in [6, 6.07) is 44.6. The Morgan fingerprint density at radius 2 is 1.53 bits per heavy atom. The second kappa shape index (κ2) is 11.9. The molecule has 0 aliphatic carbocycles. The van der Waals surface area contributed by atoms with E-state index >= 15 is 0 Å². The number of para-hydroxylation sites is 2. The Morgan fingerprint density at radius 1 is 0.776 bits per heavy atom. The van der Waals surface area contributed by atoms with E-state index in [1.165, 1.54) is 15.9 Å². The number of anilines is 2. The molecule has 0 spiro atoms. The Bertz CT molecular complexity index is 2380. The first-order valence-electron chi connectivity index (χ1n) is 16.2. The molecule has 2 aliphatic heterocycles. The Morgan fingerprint density at radius 3 is 2.35 bits per heavy atom. The second-order valence-electron chi connectivity index (χ2n) is 13.0. The molecule has 0 atom stereocenters. The van der Waals surface area contributed by atoms with Crippen LogP contribution < -0.4 is 34.6 Å². The molecule has 2 aromatic heterocycles.